The van der Waals surface area contributed by atoms with E-state index in [9.17, 15) is 22.8 Å². The first-order valence-corrected chi connectivity index (χ1v) is 7.82. The summed E-state index contributed by atoms with van der Waals surface area (Å²) in [4.78, 5) is 24.5. The summed E-state index contributed by atoms with van der Waals surface area (Å²) in [5.74, 6) is -3.61. The van der Waals surface area contributed by atoms with Gasteiger partial charge in [0.05, 0.1) is 23.5 Å². The van der Waals surface area contributed by atoms with Crippen molar-refractivity contribution in [3.63, 3.8) is 0 Å². The molecular weight excluding hydrogens is 385 g/mol. The first-order chi connectivity index (χ1) is 12.8. The number of hydrogen-bond donors (Lipinski definition) is 0. The molecule has 0 saturated carbocycles. The Morgan fingerprint density at radius 2 is 1.74 bits per heavy atom. The fourth-order valence-corrected chi connectivity index (χ4v) is 2.50. The zero-order chi connectivity index (χ0) is 19.7. The molecule has 0 saturated heterocycles. The van der Waals surface area contributed by atoms with Crippen molar-refractivity contribution < 1.29 is 22.7 Å². The molecule has 0 bridgehead atoms. The van der Waals surface area contributed by atoms with Gasteiger partial charge in [0.1, 0.15) is 23.0 Å². The second-order valence-electron chi connectivity index (χ2n) is 5.41. The summed E-state index contributed by atoms with van der Waals surface area (Å²) in [6.45, 7) is 0. The summed E-state index contributed by atoms with van der Waals surface area (Å²) in [5, 5.41) is 3.86. The Balaban J connectivity index is 2.31. The lowest BCUT2D eigenvalue weighted by molar-refractivity contribution is 0.0598. The van der Waals surface area contributed by atoms with E-state index in [0.717, 1.165) is 31.4 Å². The van der Waals surface area contributed by atoms with Crippen molar-refractivity contribution in [3.8, 4) is 16.9 Å². The van der Waals surface area contributed by atoms with Gasteiger partial charge in [-0.1, -0.05) is 17.7 Å². The quantitative estimate of drug-likeness (QED) is 0.635. The third-order valence-corrected chi connectivity index (χ3v) is 3.93. The third kappa shape index (κ3) is 3.70. The van der Waals surface area contributed by atoms with Crippen LogP contribution in [0.25, 0.3) is 16.9 Å². The predicted octanol–water partition coefficient (Wildman–Crippen LogP) is 3.76. The lowest BCUT2D eigenvalue weighted by Gasteiger charge is -2.11. The van der Waals surface area contributed by atoms with E-state index in [-0.39, 0.29) is 22.0 Å². The van der Waals surface area contributed by atoms with Crippen LogP contribution in [0.2, 0.25) is 5.02 Å². The zero-order valence-electron chi connectivity index (χ0n) is 13.7. The van der Waals surface area contributed by atoms with Crippen molar-refractivity contribution >= 4 is 17.6 Å². The highest BCUT2D eigenvalue weighted by atomic mass is 35.5. The average Bonchev–Trinajstić information content (AvgIpc) is 2.62. The van der Waals surface area contributed by atoms with Crippen molar-refractivity contribution in [1.29, 1.82) is 0 Å². The summed E-state index contributed by atoms with van der Waals surface area (Å²) in [7, 11) is 1.07. The molecule has 0 aliphatic carbocycles. The average molecular weight is 395 g/mol. The second kappa shape index (κ2) is 7.24. The monoisotopic (exact) mass is 394 g/mol. The van der Waals surface area contributed by atoms with E-state index in [4.69, 9.17) is 11.6 Å². The fraction of sp³-hybridized carbons (Fsp3) is 0.0556. The minimum absolute atomic E-state index is 0.00441. The van der Waals surface area contributed by atoms with Crippen LogP contribution >= 0.6 is 11.6 Å². The number of benzene rings is 2. The number of carbonyl (C=O) groups excluding carboxylic acids is 1. The van der Waals surface area contributed by atoms with Crippen LogP contribution in [-0.4, -0.2) is 22.9 Å². The summed E-state index contributed by atoms with van der Waals surface area (Å²) in [5.41, 5.74) is -1.46. The van der Waals surface area contributed by atoms with E-state index in [1.54, 1.807) is 0 Å². The van der Waals surface area contributed by atoms with Crippen LogP contribution in [0.5, 0.6) is 0 Å². The molecule has 0 unspecified atom stereocenters. The highest BCUT2D eigenvalue weighted by molar-refractivity contribution is 6.30. The maximum absolute atomic E-state index is 13.8. The van der Waals surface area contributed by atoms with E-state index in [1.165, 1.54) is 12.1 Å². The van der Waals surface area contributed by atoms with Crippen LogP contribution in [0, 0.1) is 17.5 Å². The molecule has 0 amide bonds. The molecule has 5 nitrogen and oxygen atoms in total. The second-order valence-corrected chi connectivity index (χ2v) is 5.82. The first-order valence-electron chi connectivity index (χ1n) is 7.44. The van der Waals surface area contributed by atoms with Crippen molar-refractivity contribution in [2.24, 2.45) is 0 Å². The summed E-state index contributed by atoms with van der Waals surface area (Å²) >= 11 is 5.65. The molecular formula is C18H10ClF3N2O3. The van der Waals surface area contributed by atoms with E-state index in [2.05, 4.69) is 9.84 Å². The zero-order valence-corrected chi connectivity index (χ0v) is 14.4. The SMILES string of the molecule is COC(=O)c1cc(-c2ccc(Cl)c(F)c2)nn(-c2cc(F)cc(F)c2)c1=O. The molecule has 2 aromatic carbocycles. The van der Waals surface area contributed by atoms with Gasteiger partial charge in [0.2, 0.25) is 0 Å². The van der Waals surface area contributed by atoms with E-state index < -0.39 is 34.5 Å². The van der Waals surface area contributed by atoms with Crippen LogP contribution in [0.1, 0.15) is 10.4 Å². The lowest BCUT2D eigenvalue weighted by atomic mass is 10.1. The molecule has 3 rings (SSSR count). The smallest absolute Gasteiger partial charge is 0.343 e. The molecule has 0 aliphatic rings. The number of halogens is 4. The molecule has 0 aliphatic heterocycles. The van der Waals surface area contributed by atoms with Crippen LogP contribution in [0.4, 0.5) is 13.2 Å². The fourth-order valence-electron chi connectivity index (χ4n) is 2.38. The number of ether oxygens (including phenoxy) is 1. The highest BCUT2D eigenvalue weighted by Crippen LogP contribution is 2.23. The van der Waals surface area contributed by atoms with Gasteiger partial charge in [-0.25, -0.2) is 18.0 Å². The maximum Gasteiger partial charge on any atom is 0.343 e. The number of hydrogen-bond acceptors (Lipinski definition) is 4. The largest absolute Gasteiger partial charge is 0.465 e. The van der Waals surface area contributed by atoms with Crippen molar-refractivity contribution in [3.05, 3.63) is 80.9 Å². The van der Waals surface area contributed by atoms with Crippen LogP contribution in [0.3, 0.4) is 0 Å². The molecule has 0 radical (unpaired) electrons. The first kappa shape index (κ1) is 18.7. The lowest BCUT2D eigenvalue weighted by Crippen LogP contribution is -2.28. The Labute approximate surface area is 155 Å². The molecule has 1 heterocycles. The molecule has 138 valence electrons. The summed E-state index contributed by atoms with van der Waals surface area (Å²) < 4.78 is 46.1. The van der Waals surface area contributed by atoms with E-state index in [1.807, 2.05) is 0 Å². The van der Waals surface area contributed by atoms with Crippen LogP contribution < -0.4 is 5.56 Å². The van der Waals surface area contributed by atoms with Gasteiger partial charge in [-0.15, -0.1) is 0 Å². The summed E-state index contributed by atoms with van der Waals surface area (Å²) in [6.07, 6.45) is 0. The van der Waals surface area contributed by atoms with Gasteiger partial charge in [-0.05, 0) is 30.3 Å². The molecule has 0 spiro atoms. The minimum Gasteiger partial charge on any atom is -0.465 e. The minimum atomic E-state index is -0.983. The number of methoxy groups -OCH3 is 1. The summed E-state index contributed by atoms with van der Waals surface area (Å²) in [6, 6.07) is 7.18. The molecule has 9 heteroatoms. The van der Waals surface area contributed by atoms with Gasteiger partial charge in [0, 0.05) is 11.6 Å². The third-order valence-electron chi connectivity index (χ3n) is 3.62. The Morgan fingerprint density at radius 3 is 2.33 bits per heavy atom. The van der Waals surface area contributed by atoms with Gasteiger partial charge in [0.15, 0.2) is 0 Å². The van der Waals surface area contributed by atoms with Crippen LogP contribution in [0.15, 0.2) is 47.3 Å². The number of rotatable bonds is 3. The van der Waals surface area contributed by atoms with E-state index >= 15 is 0 Å². The standard InChI is InChI=1S/C18H10ClF3N2O3/c1-27-18(26)13-8-16(9-2-3-14(19)15(22)4-9)23-24(17(13)25)12-6-10(20)5-11(21)7-12/h2-8H,1H3. The maximum atomic E-state index is 13.8. The van der Waals surface area contributed by atoms with Gasteiger partial charge in [0.25, 0.3) is 5.56 Å². The van der Waals surface area contributed by atoms with Gasteiger partial charge < -0.3 is 4.74 Å². The molecule has 3 aromatic rings. The predicted molar refractivity (Wildman–Crippen MR) is 91.5 cm³/mol. The van der Waals surface area contributed by atoms with Crippen molar-refractivity contribution in [1.82, 2.24) is 9.78 Å². The molecule has 27 heavy (non-hydrogen) atoms. The molecule has 0 atom stereocenters. The number of esters is 1. The highest BCUT2D eigenvalue weighted by Gasteiger charge is 2.19. The Kier molecular flexibility index (Phi) is 5.00. The Hall–Kier alpha value is -3.13. The Morgan fingerprint density at radius 1 is 1.07 bits per heavy atom. The molecule has 0 N–H and O–H groups in total. The van der Waals surface area contributed by atoms with Gasteiger partial charge >= 0.3 is 5.97 Å². The number of aromatic nitrogens is 2. The van der Waals surface area contributed by atoms with Gasteiger partial charge in [-0.3, -0.25) is 4.79 Å². The number of carbonyl (C=O) groups is 1. The molecule has 0 fully saturated rings. The van der Waals surface area contributed by atoms with Crippen molar-refractivity contribution in [2.75, 3.05) is 7.11 Å². The topological polar surface area (TPSA) is 61.2 Å². The van der Waals surface area contributed by atoms with Gasteiger partial charge in [-0.2, -0.15) is 9.78 Å². The van der Waals surface area contributed by atoms with Crippen molar-refractivity contribution in [2.45, 2.75) is 0 Å². The molecule has 1 aromatic heterocycles. The normalized spacial score (nSPS) is 10.7. The van der Waals surface area contributed by atoms with E-state index in [0.29, 0.717) is 10.7 Å². The van der Waals surface area contributed by atoms with Crippen LogP contribution in [-0.2, 0) is 4.74 Å². The number of nitrogens with zero attached hydrogens (tertiary/aromatic N) is 2. The Bertz CT molecular complexity index is 1100.